The van der Waals surface area contributed by atoms with Gasteiger partial charge in [0.05, 0.1) is 4.92 Å². The number of halogens is 1. The average Bonchev–Trinajstić information content (AvgIpc) is 2.55. The Balaban J connectivity index is 1.85. The van der Waals surface area contributed by atoms with Crippen LogP contribution in [-0.4, -0.2) is 29.5 Å². The van der Waals surface area contributed by atoms with Crippen LogP contribution in [0.5, 0.6) is 5.75 Å². The first-order chi connectivity index (χ1) is 11.9. The number of rotatable bonds is 5. The van der Waals surface area contributed by atoms with Crippen LogP contribution < -0.4 is 15.4 Å². The van der Waals surface area contributed by atoms with Gasteiger partial charge >= 0.3 is 11.7 Å². The summed E-state index contributed by atoms with van der Waals surface area (Å²) in [6.07, 6.45) is 4.02. The van der Waals surface area contributed by atoms with Gasteiger partial charge in [-0.15, -0.1) is 0 Å². The minimum absolute atomic E-state index is 0.00627. The van der Waals surface area contributed by atoms with Gasteiger partial charge in [0.1, 0.15) is 5.82 Å². The normalized spacial score (nSPS) is 19.8. The number of carbonyl (C=O) groups excluding carboxylic acids is 2. The first-order valence-corrected chi connectivity index (χ1v) is 8.04. The number of nitrogens with zero attached hydrogens (tertiary/aromatic N) is 1. The molecule has 25 heavy (non-hydrogen) atoms. The Morgan fingerprint density at radius 3 is 2.76 bits per heavy atom. The number of amides is 3. The van der Waals surface area contributed by atoms with Crippen molar-refractivity contribution in [3.8, 4) is 5.75 Å². The van der Waals surface area contributed by atoms with E-state index in [1.807, 2.05) is 6.92 Å². The van der Waals surface area contributed by atoms with E-state index >= 15 is 0 Å². The van der Waals surface area contributed by atoms with Crippen molar-refractivity contribution in [1.82, 2.24) is 10.6 Å². The molecule has 1 aliphatic carbocycles. The highest BCUT2D eigenvalue weighted by Crippen LogP contribution is 2.27. The minimum Gasteiger partial charge on any atom is -0.477 e. The standard InChI is InChI=1S/C16H20FN3O5/c1-10-4-2-3-5-12(10)18-16(22)19-15(21)9-25-14-8-11(17)6-7-13(14)20(23)24/h6-8,10,12H,2-5,9H2,1H3,(H2,18,19,21,22)/t10-,12+/m0/s1. The first-order valence-electron chi connectivity index (χ1n) is 8.04. The third kappa shape index (κ3) is 5.40. The summed E-state index contributed by atoms with van der Waals surface area (Å²) in [5.41, 5.74) is -0.463. The molecule has 1 aliphatic rings. The lowest BCUT2D eigenvalue weighted by molar-refractivity contribution is -0.385. The lowest BCUT2D eigenvalue weighted by Gasteiger charge is -2.29. The zero-order valence-corrected chi connectivity index (χ0v) is 13.8. The molecule has 0 aromatic heterocycles. The SMILES string of the molecule is C[C@H]1CCCC[C@H]1NC(=O)NC(=O)COc1cc(F)ccc1[N+](=O)[O-]. The zero-order chi connectivity index (χ0) is 18.4. The van der Waals surface area contributed by atoms with E-state index in [2.05, 4.69) is 10.6 Å². The fourth-order valence-corrected chi connectivity index (χ4v) is 2.80. The van der Waals surface area contributed by atoms with E-state index in [0.29, 0.717) is 5.92 Å². The summed E-state index contributed by atoms with van der Waals surface area (Å²) in [7, 11) is 0. The Kier molecular flexibility index (Phi) is 6.26. The molecule has 1 aromatic carbocycles. The lowest BCUT2D eigenvalue weighted by atomic mass is 9.86. The van der Waals surface area contributed by atoms with Gasteiger partial charge in [-0.1, -0.05) is 19.8 Å². The van der Waals surface area contributed by atoms with E-state index in [4.69, 9.17) is 4.74 Å². The number of nitrogens with one attached hydrogen (secondary N) is 2. The van der Waals surface area contributed by atoms with Gasteiger partial charge in [-0.25, -0.2) is 9.18 Å². The smallest absolute Gasteiger partial charge is 0.321 e. The van der Waals surface area contributed by atoms with Crippen LogP contribution in [0.3, 0.4) is 0 Å². The molecule has 0 bridgehead atoms. The maximum atomic E-state index is 13.2. The van der Waals surface area contributed by atoms with Crippen molar-refractivity contribution in [1.29, 1.82) is 0 Å². The lowest BCUT2D eigenvalue weighted by Crippen LogP contribution is -2.48. The average molecular weight is 353 g/mol. The van der Waals surface area contributed by atoms with E-state index in [1.165, 1.54) is 0 Å². The Hall–Kier alpha value is -2.71. The molecule has 0 saturated heterocycles. The maximum Gasteiger partial charge on any atom is 0.321 e. The molecule has 8 nitrogen and oxygen atoms in total. The van der Waals surface area contributed by atoms with Crippen molar-refractivity contribution in [3.63, 3.8) is 0 Å². The fourth-order valence-electron chi connectivity index (χ4n) is 2.80. The van der Waals surface area contributed by atoms with Gasteiger partial charge in [0.2, 0.25) is 5.75 Å². The summed E-state index contributed by atoms with van der Waals surface area (Å²) >= 11 is 0. The summed E-state index contributed by atoms with van der Waals surface area (Å²) in [5, 5.41) is 15.7. The number of urea groups is 1. The van der Waals surface area contributed by atoms with E-state index in [9.17, 15) is 24.1 Å². The fraction of sp³-hybridized carbons (Fsp3) is 0.500. The Morgan fingerprint density at radius 1 is 1.36 bits per heavy atom. The van der Waals surface area contributed by atoms with Crippen molar-refractivity contribution in [3.05, 3.63) is 34.1 Å². The summed E-state index contributed by atoms with van der Waals surface area (Å²) in [5.74, 6) is -1.55. The number of ether oxygens (including phenoxy) is 1. The molecule has 136 valence electrons. The van der Waals surface area contributed by atoms with Gasteiger partial charge < -0.3 is 10.1 Å². The molecule has 2 rings (SSSR count). The second-order valence-corrected chi connectivity index (χ2v) is 6.05. The van der Waals surface area contributed by atoms with Crippen LogP contribution in [0.1, 0.15) is 32.6 Å². The summed E-state index contributed by atoms with van der Waals surface area (Å²) < 4.78 is 18.2. The van der Waals surface area contributed by atoms with Crippen LogP contribution in [0.15, 0.2) is 18.2 Å². The molecule has 9 heteroatoms. The predicted octanol–water partition coefficient (Wildman–Crippen LogP) is 2.52. The molecule has 1 saturated carbocycles. The van der Waals surface area contributed by atoms with Gasteiger partial charge in [-0.3, -0.25) is 20.2 Å². The van der Waals surface area contributed by atoms with Gasteiger partial charge in [0.15, 0.2) is 6.61 Å². The number of nitro benzene ring substituents is 1. The highest BCUT2D eigenvalue weighted by molar-refractivity contribution is 5.95. The summed E-state index contributed by atoms with van der Waals surface area (Å²) in [6, 6.07) is 2.05. The Labute approximate surface area is 143 Å². The molecule has 3 amide bonds. The monoisotopic (exact) mass is 353 g/mol. The quantitative estimate of drug-likeness (QED) is 0.624. The summed E-state index contributed by atoms with van der Waals surface area (Å²) in [4.78, 5) is 33.7. The highest BCUT2D eigenvalue weighted by atomic mass is 19.1. The molecule has 2 N–H and O–H groups in total. The van der Waals surface area contributed by atoms with Crippen molar-refractivity contribution in [2.24, 2.45) is 5.92 Å². The predicted molar refractivity (Wildman–Crippen MR) is 86.6 cm³/mol. The van der Waals surface area contributed by atoms with Crippen LogP contribution in [0.25, 0.3) is 0 Å². The second kappa shape index (κ2) is 8.41. The molecule has 2 atom stereocenters. The topological polar surface area (TPSA) is 111 Å². The van der Waals surface area contributed by atoms with Crippen molar-refractivity contribution >= 4 is 17.6 Å². The number of benzene rings is 1. The van der Waals surface area contributed by atoms with Crippen molar-refractivity contribution in [2.75, 3.05) is 6.61 Å². The number of hydrogen-bond donors (Lipinski definition) is 2. The Bertz CT molecular complexity index is 667. The molecule has 0 radical (unpaired) electrons. The van der Waals surface area contributed by atoms with Crippen LogP contribution in [0.2, 0.25) is 0 Å². The van der Waals surface area contributed by atoms with Gasteiger partial charge in [0.25, 0.3) is 5.91 Å². The number of hydrogen-bond acceptors (Lipinski definition) is 5. The van der Waals surface area contributed by atoms with Crippen LogP contribution >= 0.6 is 0 Å². The minimum atomic E-state index is -0.778. The van der Waals surface area contributed by atoms with E-state index in [0.717, 1.165) is 43.9 Å². The number of imide groups is 1. The molecule has 1 fully saturated rings. The van der Waals surface area contributed by atoms with Gasteiger partial charge in [-0.2, -0.15) is 0 Å². The number of nitro groups is 1. The zero-order valence-electron chi connectivity index (χ0n) is 13.8. The number of carbonyl (C=O) groups is 2. The van der Waals surface area contributed by atoms with Crippen LogP contribution in [0, 0.1) is 21.8 Å². The van der Waals surface area contributed by atoms with Crippen LogP contribution in [0.4, 0.5) is 14.9 Å². The van der Waals surface area contributed by atoms with E-state index in [1.54, 1.807) is 0 Å². The molecule has 1 aromatic rings. The van der Waals surface area contributed by atoms with Gasteiger partial charge in [-0.05, 0) is 24.8 Å². The Morgan fingerprint density at radius 2 is 2.08 bits per heavy atom. The maximum absolute atomic E-state index is 13.2. The molecule has 0 unspecified atom stereocenters. The first kappa shape index (κ1) is 18.6. The van der Waals surface area contributed by atoms with Crippen molar-refractivity contribution < 1.29 is 23.6 Å². The molecule has 0 spiro atoms. The largest absolute Gasteiger partial charge is 0.477 e. The van der Waals surface area contributed by atoms with E-state index < -0.39 is 35.0 Å². The third-order valence-corrected chi connectivity index (χ3v) is 4.16. The van der Waals surface area contributed by atoms with Crippen LogP contribution in [-0.2, 0) is 4.79 Å². The van der Waals surface area contributed by atoms with Gasteiger partial charge in [0, 0.05) is 18.2 Å². The third-order valence-electron chi connectivity index (χ3n) is 4.16. The van der Waals surface area contributed by atoms with E-state index in [-0.39, 0.29) is 11.8 Å². The second-order valence-electron chi connectivity index (χ2n) is 6.05. The van der Waals surface area contributed by atoms with Crippen molar-refractivity contribution in [2.45, 2.75) is 38.6 Å². The molecule has 0 heterocycles. The molecule has 0 aliphatic heterocycles. The molecular formula is C16H20FN3O5. The molecular weight excluding hydrogens is 333 g/mol. The highest BCUT2D eigenvalue weighted by Gasteiger charge is 2.23. The summed E-state index contributed by atoms with van der Waals surface area (Å²) in [6.45, 7) is 1.40.